The molecule has 83 heavy (non-hydrogen) atoms. The summed E-state index contributed by atoms with van der Waals surface area (Å²) in [5.74, 6) is -8.11. The van der Waals surface area contributed by atoms with Crippen LogP contribution in [0.1, 0.15) is 120 Å². The molecule has 0 heterocycles. The maximum absolute atomic E-state index is 14.4. The number of nitrogens with one attached hydrogen (secondary N) is 10. The fourth-order valence-electron chi connectivity index (χ4n) is 7.96. The second kappa shape index (κ2) is 35.6. The molecule has 0 spiro atoms. The van der Waals surface area contributed by atoms with Crippen molar-refractivity contribution in [1.82, 2.24) is 42.5 Å². The van der Waals surface area contributed by atoms with Crippen LogP contribution in [0.15, 0.2) is 72.8 Å². The first-order chi connectivity index (χ1) is 39.3. The van der Waals surface area contributed by atoms with Gasteiger partial charge in [-0.1, -0.05) is 71.0 Å². The second-order valence-electron chi connectivity index (χ2n) is 20.2. The van der Waals surface area contributed by atoms with Crippen LogP contribution in [-0.4, -0.2) is 121 Å². The van der Waals surface area contributed by atoms with Crippen LogP contribution in [0.25, 0.3) is 0 Å². The van der Waals surface area contributed by atoms with E-state index in [0.29, 0.717) is 28.1 Å². The summed E-state index contributed by atoms with van der Waals surface area (Å²) in [5, 5.41) is 26.2. The Balaban J connectivity index is 1.87. The van der Waals surface area contributed by atoms with E-state index in [0.717, 1.165) is 12.0 Å². The molecule has 26 heteroatoms. The number of carbonyl (C=O) groups is 12. The zero-order valence-corrected chi connectivity index (χ0v) is 48.0. The maximum Gasteiger partial charge on any atom is 0.312 e. The minimum absolute atomic E-state index is 0.00114. The highest BCUT2D eigenvalue weighted by Gasteiger charge is 2.34. The highest BCUT2D eigenvalue weighted by Crippen LogP contribution is 2.16. The molecule has 26 nitrogen and oxygen atoms in total. The van der Waals surface area contributed by atoms with Crippen LogP contribution < -0.4 is 64.6 Å². The molecule has 5 atom stereocenters. The molecule has 3 aromatic rings. The summed E-state index contributed by atoms with van der Waals surface area (Å²) in [4.78, 5) is 156. The van der Waals surface area contributed by atoms with Crippen molar-refractivity contribution in [3.8, 4) is 0 Å². The molecule has 3 aromatic carbocycles. The molecule has 3 rings (SSSR count). The number of ether oxygens (including phenoxy) is 2. The molecule has 0 radical (unpaired) electrons. The topological polar surface area (TPSA) is 396 Å². The standard InChI is InChI=1S/C57H80N12O14/c1-8-37-15-21-40(22-16-37)50(74)60-27-11-14-46(72)65-45(53(77)69-49(34(4)5)55(79)67-44(13-10-29-62-57(59)81)52(76)64-42-25-19-39(20-26-42)32-83-36(7)71)30-47(73)68-48(33(2)3)54(78)66-43(12-9-28-61-56(58)80)51(75)63-41-23-17-38(18-24-41)31-82-35(6)70/h15-26,33-34,43-45,48-49H,8-14,27-32H2,1-7H3,(H,60,74)(H,63,75)(H,64,76)(H,65,72)(H,66,78)(H,67,79)(H,68,73)(H,69,77)(H3,58,61,80)(H3,59,62,81). The number of anilines is 2. The van der Waals surface area contributed by atoms with E-state index in [-0.39, 0.29) is 77.3 Å². The number of esters is 2. The summed E-state index contributed by atoms with van der Waals surface area (Å²) >= 11 is 0. The Morgan fingerprint density at radius 1 is 0.458 bits per heavy atom. The Morgan fingerprint density at radius 3 is 1.29 bits per heavy atom. The molecule has 0 bridgehead atoms. The third-order valence-electron chi connectivity index (χ3n) is 12.6. The molecule has 12 amide bonds. The quantitative estimate of drug-likeness (QED) is 0.0301. The van der Waals surface area contributed by atoms with Gasteiger partial charge in [0.25, 0.3) is 5.91 Å². The van der Waals surface area contributed by atoms with E-state index < -0.39 is 114 Å². The molecule has 14 N–H and O–H groups in total. The van der Waals surface area contributed by atoms with Gasteiger partial charge in [0.2, 0.25) is 41.4 Å². The lowest BCUT2D eigenvalue weighted by molar-refractivity contribution is -0.143. The number of hydrogen-bond acceptors (Lipinski definition) is 14. The average molecular weight is 1160 g/mol. The summed E-state index contributed by atoms with van der Waals surface area (Å²) in [5.41, 5.74) is 13.9. The number of urea groups is 2. The number of benzene rings is 3. The van der Waals surface area contributed by atoms with E-state index in [1.54, 1.807) is 88.4 Å². The molecule has 0 aromatic heterocycles. The SMILES string of the molecule is CCc1ccc(C(=O)NCCCC(=O)NC(CC(=O)NC(C(=O)NC(CCCNC(N)=O)C(=O)Nc2ccc(COC(C)=O)cc2)C(C)C)C(=O)NC(C(=O)NC(CCCNC(N)=O)C(=O)Nc2ccc(COC(C)=O)cc2)C(C)C)cc1. The van der Waals surface area contributed by atoms with Crippen molar-refractivity contribution < 1.29 is 67.0 Å². The Bertz CT molecular complexity index is 2700. The van der Waals surface area contributed by atoms with E-state index in [4.69, 9.17) is 20.9 Å². The molecule has 0 saturated heterocycles. The van der Waals surface area contributed by atoms with Crippen molar-refractivity contribution in [3.63, 3.8) is 0 Å². The van der Waals surface area contributed by atoms with Crippen LogP contribution in [0.4, 0.5) is 21.0 Å². The summed E-state index contributed by atoms with van der Waals surface area (Å²) in [7, 11) is 0. The van der Waals surface area contributed by atoms with Gasteiger partial charge in [0.15, 0.2) is 0 Å². The molecule has 0 aliphatic rings. The molecular formula is C57H80N12O14. The van der Waals surface area contributed by atoms with E-state index in [2.05, 4.69) is 53.2 Å². The summed E-state index contributed by atoms with van der Waals surface area (Å²) in [6.07, 6.45) is 0.262. The number of carbonyl (C=O) groups excluding carboxylic acids is 12. The van der Waals surface area contributed by atoms with Crippen LogP contribution in [0.2, 0.25) is 0 Å². The van der Waals surface area contributed by atoms with Gasteiger partial charge in [0.05, 0.1) is 6.42 Å². The zero-order chi connectivity index (χ0) is 61.6. The Hall–Kier alpha value is -9.10. The first-order valence-electron chi connectivity index (χ1n) is 27.3. The zero-order valence-electron chi connectivity index (χ0n) is 48.0. The smallest absolute Gasteiger partial charge is 0.312 e. The number of hydrogen-bond donors (Lipinski definition) is 12. The van der Waals surface area contributed by atoms with Gasteiger partial charge >= 0.3 is 24.0 Å². The number of primary amides is 2. The fourth-order valence-corrected chi connectivity index (χ4v) is 7.96. The largest absolute Gasteiger partial charge is 0.461 e. The maximum atomic E-state index is 14.4. The lowest BCUT2D eigenvalue weighted by Gasteiger charge is -2.28. The summed E-state index contributed by atoms with van der Waals surface area (Å²) in [6, 6.07) is 11.4. The van der Waals surface area contributed by atoms with Crippen LogP contribution >= 0.6 is 0 Å². The predicted octanol–water partition coefficient (Wildman–Crippen LogP) is 2.19. The van der Waals surface area contributed by atoms with Crippen molar-refractivity contribution in [2.45, 2.75) is 143 Å². The molecule has 0 aliphatic heterocycles. The predicted molar refractivity (Wildman–Crippen MR) is 306 cm³/mol. The Kier molecular flexibility index (Phi) is 29.2. The molecular weight excluding hydrogens is 1080 g/mol. The number of rotatable bonds is 34. The second-order valence-corrected chi connectivity index (χ2v) is 20.2. The lowest BCUT2D eigenvalue weighted by atomic mass is 10.00. The number of nitrogens with two attached hydrogens (primary N) is 2. The van der Waals surface area contributed by atoms with Gasteiger partial charge in [-0.15, -0.1) is 0 Å². The average Bonchev–Trinajstić information content (AvgIpc) is 3.52. The Labute approximate surface area is 482 Å². The fraction of sp³-hybridized carbons (Fsp3) is 0.474. The minimum Gasteiger partial charge on any atom is -0.461 e. The van der Waals surface area contributed by atoms with Gasteiger partial charge in [0.1, 0.15) is 43.4 Å². The highest BCUT2D eigenvalue weighted by molar-refractivity contribution is 6.01. The van der Waals surface area contributed by atoms with Crippen molar-refractivity contribution >= 4 is 82.6 Å². The minimum atomic E-state index is -1.67. The monoisotopic (exact) mass is 1160 g/mol. The summed E-state index contributed by atoms with van der Waals surface area (Å²) in [6.45, 7) is 11.2. The molecule has 5 unspecified atom stereocenters. The van der Waals surface area contributed by atoms with E-state index in [1.165, 1.54) is 13.8 Å². The first-order valence-corrected chi connectivity index (χ1v) is 27.3. The van der Waals surface area contributed by atoms with Crippen LogP contribution in [0, 0.1) is 11.8 Å². The van der Waals surface area contributed by atoms with Crippen LogP contribution in [-0.2, 0) is 72.3 Å². The van der Waals surface area contributed by atoms with Crippen molar-refractivity contribution in [2.24, 2.45) is 23.3 Å². The van der Waals surface area contributed by atoms with Gasteiger partial charge in [0, 0.05) is 56.8 Å². The number of amides is 12. The van der Waals surface area contributed by atoms with E-state index >= 15 is 0 Å². The van der Waals surface area contributed by atoms with Crippen molar-refractivity contribution in [3.05, 3.63) is 95.1 Å². The van der Waals surface area contributed by atoms with Gasteiger partial charge in [-0.25, -0.2) is 9.59 Å². The van der Waals surface area contributed by atoms with Crippen molar-refractivity contribution in [1.29, 1.82) is 0 Å². The number of aryl methyl sites for hydroxylation is 1. The van der Waals surface area contributed by atoms with Gasteiger partial charge < -0.3 is 74.1 Å². The highest BCUT2D eigenvalue weighted by atomic mass is 16.5. The normalized spacial score (nSPS) is 12.6. The van der Waals surface area contributed by atoms with Gasteiger partial charge in [-0.05, 0) is 103 Å². The first kappa shape index (κ1) is 68.2. The van der Waals surface area contributed by atoms with Crippen LogP contribution in [0.5, 0.6) is 0 Å². The van der Waals surface area contributed by atoms with Gasteiger partial charge in [-0.3, -0.25) is 47.9 Å². The molecule has 0 saturated carbocycles. The molecule has 452 valence electrons. The van der Waals surface area contributed by atoms with Gasteiger partial charge in [-0.2, -0.15) is 0 Å². The summed E-state index contributed by atoms with van der Waals surface area (Å²) < 4.78 is 10.0. The van der Waals surface area contributed by atoms with Crippen molar-refractivity contribution in [2.75, 3.05) is 30.3 Å². The Morgan fingerprint density at radius 2 is 0.880 bits per heavy atom. The molecule has 0 fully saturated rings. The third-order valence-corrected chi connectivity index (χ3v) is 12.6. The van der Waals surface area contributed by atoms with E-state index in [1.807, 2.05) is 19.1 Å². The lowest BCUT2D eigenvalue weighted by Crippen LogP contribution is -2.59. The molecule has 0 aliphatic carbocycles. The third kappa shape index (κ3) is 26.4. The van der Waals surface area contributed by atoms with Crippen LogP contribution in [0.3, 0.4) is 0 Å². The van der Waals surface area contributed by atoms with E-state index in [9.17, 15) is 57.5 Å².